The quantitative estimate of drug-likeness (QED) is 0.505. The van der Waals surface area contributed by atoms with E-state index in [4.69, 9.17) is 26.9 Å². The van der Waals surface area contributed by atoms with Gasteiger partial charge in [0.2, 0.25) is 0 Å². The lowest BCUT2D eigenvalue weighted by Gasteiger charge is -2.06. The highest BCUT2D eigenvalue weighted by atomic mass is 35.5. The predicted octanol–water partition coefficient (Wildman–Crippen LogP) is 3.21. The van der Waals surface area contributed by atoms with E-state index in [9.17, 15) is 0 Å². The first-order chi connectivity index (χ1) is 9.75. The summed E-state index contributed by atoms with van der Waals surface area (Å²) < 4.78 is 5.43. The molecule has 2 aromatic carbocycles. The molecule has 0 aliphatic rings. The van der Waals surface area contributed by atoms with E-state index < -0.39 is 0 Å². The first-order valence-corrected chi connectivity index (χ1v) is 6.49. The monoisotopic (exact) mass is 290 g/mol. The van der Waals surface area contributed by atoms with Crippen LogP contribution in [0.25, 0.3) is 0 Å². The molecule has 0 spiro atoms. The molecule has 0 unspecified atom stereocenters. The van der Waals surface area contributed by atoms with Crippen LogP contribution in [-0.4, -0.2) is 12.4 Å². The van der Waals surface area contributed by atoms with Gasteiger partial charge in [-0.3, -0.25) is 0 Å². The Morgan fingerprint density at radius 3 is 2.50 bits per heavy atom. The van der Waals surface area contributed by atoms with Gasteiger partial charge in [-0.25, -0.2) is 0 Å². The maximum absolute atomic E-state index is 6.00. The van der Waals surface area contributed by atoms with E-state index in [-0.39, 0.29) is 19.0 Å². The maximum atomic E-state index is 6.00. The highest BCUT2D eigenvalue weighted by molar-refractivity contribution is 6.31. The molecule has 0 saturated heterocycles. The van der Waals surface area contributed by atoms with Crippen molar-refractivity contribution >= 4 is 17.4 Å². The number of hydrogen-bond acceptors (Lipinski definition) is 3. The number of halogens is 1. The number of hydrogen-bond donors (Lipinski definition) is 1. The van der Waals surface area contributed by atoms with Gasteiger partial charge in [0.05, 0.1) is 0 Å². The average molecular weight is 291 g/mol. The van der Waals surface area contributed by atoms with Gasteiger partial charge < -0.3 is 15.3 Å². The number of ether oxygens (including phenoxy) is 1. The molecule has 0 fully saturated rings. The van der Waals surface area contributed by atoms with Crippen molar-refractivity contribution in [1.82, 2.24) is 0 Å². The van der Waals surface area contributed by atoms with Crippen LogP contribution in [0.3, 0.4) is 0 Å². The van der Waals surface area contributed by atoms with Crippen LogP contribution >= 0.6 is 11.6 Å². The van der Waals surface area contributed by atoms with Gasteiger partial charge in [-0.1, -0.05) is 53.2 Å². The molecule has 0 heterocycles. The molecule has 0 saturated carbocycles. The van der Waals surface area contributed by atoms with Crippen LogP contribution in [0.1, 0.15) is 5.56 Å². The topological polar surface area (TPSA) is 56.8 Å². The van der Waals surface area contributed by atoms with Gasteiger partial charge in [-0.05, 0) is 18.2 Å². The minimum atomic E-state index is 0.173. The first-order valence-electron chi connectivity index (χ1n) is 6.11. The fraction of sp³-hybridized carbons (Fsp3) is 0.133. The lowest BCUT2D eigenvalue weighted by Crippen LogP contribution is -2.21. The van der Waals surface area contributed by atoms with Gasteiger partial charge >= 0.3 is 0 Å². The highest BCUT2D eigenvalue weighted by Crippen LogP contribution is 2.15. The third kappa shape index (κ3) is 4.48. The second-order valence-corrected chi connectivity index (χ2v) is 4.46. The number of nitrogens with zero attached hydrogens (tertiary/aromatic N) is 1. The lowest BCUT2D eigenvalue weighted by molar-refractivity contribution is 0.128. The summed E-state index contributed by atoms with van der Waals surface area (Å²) in [5.74, 6) is 0.998. The van der Waals surface area contributed by atoms with Crippen LogP contribution in [0.15, 0.2) is 59.8 Å². The van der Waals surface area contributed by atoms with Crippen molar-refractivity contribution in [3.8, 4) is 5.75 Å². The van der Waals surface area contributed by atoms with Crippen LogP contribution in [0.2, 0.25) is 5.02 Å². The Morgan fingerprint density at radius 2 is 1.75 bits per heavy atom. The summed E-state index contributed by atoms with van der Waals surface area (Å²) in [4.78, 5) is 5.15. The molecule has 20 heavy (non-hydrogen) atoms. The minimum Gasteiger partial charge on any atom is -0.486 e. The van der Waals surface area contributed by atoms with Crippen molar-refractivity contribution in [1.29, 1.82) is 0 Å². The maximum Gasteiger partial charge on any atom is 0.177 e. The molecular formula is C15H15ClN2O2. The fourth-order valence-electron chi connectivity index (χ4n) is 1.50. The van der Waals surface area contributed by atoms with Gasteiger partial charge in [0.15, 0.2) is 5.84 Å². The summed E-state index contributed by atoms with van der Waals surface area (Å²) in [6.07, 6.45) is 0. The standard InChI is InChI=1S/C15H15ClN2O2/c16-14-9-5-4-6-12(14)10-20-18-15(17)11-19-13-7-2-1-3-8-13/h1-9H,10-11H2,(H2,17,18). The summed E-state index contributed by atoms with van der Waals surface area (Å²) in [6, 6.07) is 16.8. The molecule has 4 nitrogen and oxygen atoms in total. The number of benzene rings is 2. The first kappa shape index (κ1) is 14.2. The molecule has 104 valence electrons. The van der Waals surface area contributed by atoms with E-state index in [0.717, 1.165) is 11.3 Å². The van der Waals surface area contributed by atoms with Gasteiger partial charge in [0.25, 0.3) is 0 Å². The van der Waals surface area contributed by atoms with Gasteiger partial charge in [0.1, 0.15) is 19.0 Å². The van der Waals surface area contributed by atoms with Crippen molar-refractivity contribution in [3.63, 3.8) is 0 Å². The summed E-state index contributed by atoms with van der Waals surface area (Å²) >= 11 is 6.00. The molecule has 0 amide bonds. The molecule has 0 aromatic heterocycles. The highest BCUT2D eigenvalue weighted by Gasteiger charge is 2.00. The SMILES string of the molecule is N/C(COc1ccccc1)=N\OCc1ccccc1Cl. The van der Waals surface area contributed by atoms with Gasteiger partial charge in [0, 0.05) is 10.6 Å². The van der Waals surface area contributed by atoms with Crippen LogP contribution in [0.4, 0.5) is 0 Å². The van der Waals surface area contributed by atoms with Crippen molar-refractivity contribution < 1.29 is 9.57 Å². The predicted molar refractivity (Wildman–Crippen MR) is 79.8 cm³/mol. The number of amidine groups is 1. The zero-order chi connectivity index (χ0) is 14.2. The summed E-state index contributed by atoms with van der Waals surface area (Å²) in [7, 11) is 0. The number of nitrogens with two attached hydrogens (primary N) is 1. The molecule has 5 heteroatoms. The molecule has 2 aromatic rings. The Hall–Kier alpha value is -2.20. The molecule has 0 aliphatic heterocycles. The van der Waals surface area contributed by atoms with E-state index in [0.29, 0.717) is 5.02 Å². The molecule has 0 atom stereocenters. The van der Waals surface area contributed by atoms with E-state index >= 15 is 0 Å². The van der Waals surface area contributed by atoms with Crippen molar-refractivity contribution in [2.24, 2.45) is 10.9 Å². The smallest absolute Gasteiger partial charge is 0.177 e. The van der Waals surface area contributed by atoms with Crippen molar-refractivity contribution in [2.45, 2.75) is 6.61 Å². The van der Waals surface area contributed by atoms with Crippen LogP contribution < -0.4 is 10.5 Å². The Morgan fingerprint density at radius 1 is 1.05 bits per heavy atom. The van der Waals surface area contributed by atoms with Crippen LogP contribution in [0.5, 0.6) is 5.75 Å². The van der Waals surface area contributed by atoms with Crippen molar-refractivity contribution in [3.05, 3.63) is 65.2 Å². The molecule has 0 radical (unpaired) electrons. The van der Waals surface area contributed by atoms with E-state index in [1.165, 1.54) is 0 Å². The summed E-state index contributed by atoms with van der Waals surface area (Å²) in [5, 5.41) is 4.43. The lowest BCUT2D eigenvalue weighted by atomic mass is 10.2. The molecule has 2 N–H and O–H groups in total. The Labute approximate surface area is 122 Å². The number of rotatable bonds is 6. The largest absolute Gasteiger partial charge is 0.486 e. The second-order valence-electron chi connectivity index (χ2n) is 4.05. The Balaban J connectivity index is 1.78. The van der Waals surface area contributed by atoms with E-state index in [1.807, 2.05) is 48.5 Å². The summed E-state index contributed by atoms with van der Waals surface area (Å²) in [6.45, 7) is 0.443. The van der Waals surface area contributed by atoms with E-state index in [2.05, 4.69) is 5.16 Å². The minimum absolute atomic E-state index is 0.173. The third-order valence-electron chi connectivity index (χ3n) is 2.49. The zero-order valence-corrected chi connectivity index (χ0v) is 11.6. The van der Waals surface area contributed by atoms with E-state index in [1.54, 1.807) is 6.07 Å². The van der Waals surface area contributed by atoms with Crippen LogP contribution in [0, 0.1) is 0 Å². The Kier molecular flexibility index (Phi) is 5.26. The summed E-state index contributed by atoms with van der Waals surface area (Å²) in [5.41, 5.74) is 6.55. The van der Waals surface area contributed by atoms with Gasteiger partial charge in [-0.15, -0.1) is 0 Å². The molecule has 0 bridgehead atoms. The zero-order valence-electron chi connectivity index (χ0n) is 10.8. The number of oxime groups is 1. The van der Waals surface area contributed by atoms with Gasteiger partial charge in [-0.2, -0.15) is 0 Å². The molecular weight excluding hydrogens is 276 g/mol. The second kappa shape index (κ2) is 7.40. The number of para-hydroxylation sites is 1. The van der Waals surface area contributed by atoms with Crippen LogP contribution in [-0.2, 0) is 11.4 Å². The Bertz CT molecular complexity index is 573. The molecule has 0 aliphatic carbocycles. The molecule has 2 rings (SSSR count). The third-order valence-corrected chi connectivity index (χ3v) is 2.86. The normalized spacial score (nSPS) is 11.2. The average Bonchev–Trinajstić information content (AvgIpc) is 2.48. The van der Waals surface area contributed by atoms with Crippen molar-refractivity contribution in [2.75, 3.05) is 6.61 Å². The fourth-order valence-corrected chi connectivity index (χ4v) is 1.69.